The Labute approximate surface area is 140 Å². The molecule has 128 valence electrons. The van der Waals surface area contributed by atoms with E-state index in [2.05, 4.69) is 15.5 Å². The second kappa shape index (κ2) is 7.57. The summed E-state index contributed by atoms with van der Waals surface area (Å²) in [6.07, 6.45) is 7.24. The molecule has 1 aliphatic carbocycles. The Morgan fingerprint density at radius 1 is 1.33 bits per heavy atom. The van der Waals surface area contributed by atoms with E-state index in [4.69, 9.17) is 5.73 Å². The van der Waals surface area contributed by atoms with E-state index in [0.717, 1.165) is 12.8 Å². The lowest BCUT2D eigenvalue weighted by Crippen LogP contribution is -2.46. The quantitative estimate of drug-likeness (QED) is 0.788. The van der Waals surface area contributed by atoms with Crippen molar-refractivity contribution in [2.24, 2.45) is 11.7 Å². The highest BCUT2D eigenvalue weighted by atomic mass is 19.1. The summed E-state index contributed by atoms with van der Waals surface area (Å²) in [7, 11) is 0. The number of aromatic nitrogens is 2. The van der Waals surface area contributed by atoms with Crippen molar-refractivity contribution in [2.75, 3.05) is 6.54 Å². The molecular formula is C18H23FN4O. The maximum Gasteiger partial charge on any atom is 0.255 e. The number of benzene rings is 1. The third-order valence-corrected chi connectivity index (χ3v) is 4.82. The maximum absolute atomic E-state index is 14.0. The highest BCUT2D eigenvalue weighted by Crippen LogP contribution is 2.27. The molecule has 3 rings (SSSR count). The highest BCUT2D eigenvalue weighted by molar-refractivity contribution is 5.99. The molecule has 5 nitrogen and oxygen atoms in total. The van der Waals surface area contributed by atoms with Crippen LogP contribution in [-0.4, -0.2) is 28.7 Å². The predicted octanol–water partition coefficient (Wildman–Crippen LogP) is 2.85. The van der Waals surface area contributed by atoms with E-state index in [1.54, 1.807) is 18.2 Å². The third kappa shape index (κ3) is 3.48. The van der Waals surface area contributed by atoms with E-state index < -0.39 is 5.82 Å². The Morgan fingerprint density at radius 3 is 2.79 bits per heavy atom. The summed E-state index contributed by atoms with van der Waals surface area (Å²) in [5.74, 6) is -0.238. The molecule has 6 heteroatoms. The average Bonchev–Trinajstić information content (AvgIpc) is 3.10. The number of aromatic amines is 1. The summed E-state index contributed by atoms with van der Waals surface area (Å²) < 4.78 is 14.0. The van der Waals surface area contributed by atoms with Crippen molar-refractivity contribution < 1.29 is 9.18 Å². The number of nitrogens with two attached hydrogens (primary N) is 1. The van der Waals surface area contributed by atoms with Gasteiger partial charge in [0.15, 0.2) is 0 Å². The van der Waals surface area contributed by atoms with Crippen molar-refractivity contribution in [2.45, 2.75) is 38.1 Å². The van der Waals surface area contributed by atoms with E-state index >= 15 is 0 Å². The summed E-state index contributed by atoms with van der Waals surface area (Å²) in [5, 5.41) is 9.68. The summed E-state index contributed by atoms with van der Waals surface area (Å²) in [4.78, 5) is 12.7. The van der Waals surface area contributed by atoms with E-state index in [9.17, 15) is 9.18 Å². The molecule has 0 spiro atoms. The second-order valence-corrected chi connectivity index (χ2v) is 6.35. The van der Waals surface area contributed by atoms with Crippen molar-refractivity contribution >= 4 is 5.91 Å². The van der Waals surface area contributed by atoms with Gasteiger partial charge in [0.1, 0.15) is 5.82 Å². The van der Waals surface area contributed by atoms with Crippen LogP contribution in [0.3, 0.4) is 0 Å². The zero-order valence-corrected chi connectivity index (χ0v) is 13.6. The van der Waals surface area contributed by atoms with Gasteiger partial charge in [0.2, 0.25) is 0 Å². The second-order valence-electron chi connectivity index (χ2n) is 6.35. The van der Waals surface area contributed by atoms with Crippen LogP contribution in [0.1, 0.15) is 42.5 Å². The van der Waals surface area contributed by atoms with Crippen molar-refractivity contribution in [3.8, 4) is 11.3 Å². The van der Waals surface area contributed by atoms with E-state index in [-0.39, 0.29) is 11.9 Å². The molecule has 0 aliphatic heterocycles. The average molecular weight is 330 g/mol. The fourth-order valence-electron chi connectivity index (χ4n) is 3.48. The Bertz CT molecular complexity index is 694. The molecule has 4 N–H and O–H groups in total. The van der Waals surface area contributed by atoms with Crippen LogP contribution < -0.4 is 11.1 Å². The number of H-pyrrole nitrogens is 1. The molecule has 0 radical (unpaired) electrons. The van der Waals surface area contributed by atoms with Crippen LogP contribution in [0.4, 0.5) is 4.39 Å². The van der Waals surface area contributed by atoms with Crippen LogP contribution in [0.15, 0.2) is 30.5 Å². The van der Waals surface area contributed by atoms with Gasteiger partial charge in [-0.3, -0.25) is 9.89 Å². The number of hydrogen-bond acceptors (Lipinski definition) is 3. The molecule has 1 aromatic carbocycles. The zero-order valence-electron chi connectivity index (χ0n) is 13.6. The van der Waals surface area contributed by atoms with Gasteiger partial charge in [-0.2, -0.15) is 5.10 Å². The van der Waals surface area contributed by atoms with Gasteiger partial charge < -0.3 is 11.1 Å². The van der Waals surface area contributed by atoms with Gasteiger partial charge in [0.25, 0.3) is 5.91 Å². The van der Waals surface area contributed by atoms with Gasteiger partial charge in [-0.25, -0.2) is 4.39 Å². The molecule has 1 fully saturated rings. The molecule has 2 aromatic rings. The fourth-order valence-corrected chi connectivity index (χ4v) is 3.48. The number of rotatable bonds is 5. The third-order valence-electron chi connectivity index (χ3n) is 4.82. The first-order valence-corrected chi connectivity index (χ1v) is 8.50. The molecule has 1 atom stereocenters. The zero-order chi connectivity index (χ0) is 16.9. The fraction of sp³-hybridized carbons (Fsp3) is 0.444. The van der Waals surface area contributed by atoms with Gasteiger partial charge >= 0.3 is 0 Å². The molecule has 1 aromatic heterocycles. The van der Waals surface area contributed by atoms with Crippen molar-refractivity contribution in [3.05, 3.63) is 41.8 Å². The van der Waals surface area contributed by atoms with Crippen LogP contribution in [0.5, 0.6) is 0 Å². The predicted molar refractivity (Wildman–Crippen MR) is 90.9 cm³/mol. The number of hydrogen-bond donors (Lipinski definition) is 3. The normalized spacial score (nSPS) is 16.8. The lowest BCUT2D eigenvalue weighted by Gasteiger charge is -2.30. The molecule has 1 heterocycles. The Hall–Kier alpha value is -2.21. The van der Waals surface area contributed by atoms with Crippen LogP contribution in [0.25, 0.3) is 11.3 Å². The van der Waals surface area contributed by atoms with E-state index in [1.807, 2.05) is 0 Å². The molecule has 0 saturated heterocycles. The number of amides is 1. The highest BCUT2D eigenvalue weighted by Gasteiger charge is 2.26. The summed E-state index contributed by atoms with van der Waals surface area (Å²) >= 11 is 0. The molecule has 1 amide bonds. The summed E-state index contributed by atoms with van der Waals surface area (Å²) in [5.41, 5.74) is 6.95. The number of carbonyl (C=O) groups excluding carboxylic acids is 1. The minimum absolute atomic E-state index is 0.0545. The van der Waals surface area contributed by atoms with Crippen LogP contribution in [-0.2, 0) is 0 Å². The lowest BCUT2D eigenvalue weighted by molar-refractivity contribution is 0.0916. The first-order chi connectivity index (χ1) is 11.7. The molecule has 1 unspecified atom stereocenters. The molecule has 24 heavy (non-hydrogen) atoms. The van der Waals surface area contributed by atoms with Gasteiger partial charge in [0, 0.05) is 18.2 Å². The van der Waals surface area contributed by atoms with Gasteiger partial charge in [-0.15, -0.1) is 0 Å². The molecule has 0 bridgehead atoms. The van der Waals surface area contributed by atoms with E-state index in [1.165, 1.54) is 31.5 Å². The first-order valence-electron chi connectivity index (χ1n) is 8.50. The summed E-state index contributed by atoms with van der Waals surface area (Å²) in [6, 6.07) is 6.28. The Kier molecular flexibility index (Phi) is 5.25. The van der Waals surface area contributed by atoms with Gasteiger partial charge in [-0.1, -0.05) is 31.4 Å². The van der Waals surface area contributed by atoms with E-state index in [0.29, 0.717) is 29.3 Å². The summed E-state index contributed by atoms with van der Waals surface area (Å²) in [6.45, 7) is 0.406. The smallest absolute Gasteiger partial charge is 0.255 e. The van der Waals surface area contributed by atoms with Gasteiger partial charge in [0.05, 0.1) is 17.5 Å². The monoisotopic (exact) mass is 330 g/mol. The van der Waals surface area contributed by atoms with Crippen molar-refractivity contribution in [1.82, 2.24) is 15.5 Å². The first kappa shape index (κ1) is 16.6. The number of carbonyl (C=O) groups is 1. The number of nitrogens with zero attached hydrogens (tertiary/aromatic N) is 1. The number of halogens is 1. The lowest BCUT2D eigenvalue weighted by atomic mass is 9.84. The minimum atomic E-state index is -0.390. The Morgan fingerprint density at radius 2 is 2.08 bits per heavy atom. The largest absolute Gasteiger partial charge is 0.348 e. The Balaban J connectivity index is 1.78. The standard InChI is InChI=1S/C18H23FN4O/c19-15-9-5-4-8-13(15)17-14(11-21-23-17)18(24)22-16(10-20)12-6-2-1-3-7-12/h4-5,8-9,11-12,16H,1-3,6-7,10,20H2,(H,21,23)(H,22,24). The molecular weight excluding hydrogens is 307 g/mol. The molecule has 1 aliphatic rings. The van der Waals surface area contributed by atoms with Crippen LogP contribution >= 0.6 is 0 Å². The molecule has 1 saturated carbocycles. The topological polar surface area (TPSA) is 83.8 Å². The van der Waals surface area contributed by atoms with Crippen molar-refractivity contribution in [3.63, 3.8) is 0 Å². The van der Waals surface area contributed by atoms with Gasteiger partial charge in [-0.05, 0) is 30.9 Å². The SMILES string of the molecule is NCC(NC(=O)c1cn[nH]c1-c1ccccc1F)C1CCCCC1. The van der Waals surface area contributed by atoms with Crippen LogP contribution in [0.2, 0.25) is 0 Å². The minimum Gasteiger partial charge on any atom is -0.348 e. The maximum atomic E-state index is 14.0. The van der Waals surface area contributed by atoms with Crippen molar-refractivity contribution in [1.29, 1.82) is 0 Å². The number of nitrogens with one attached hydrogen (secondary N) is 2. The van der Waals surface area contributed by atoms with Crippen LogP contribution in [0, 0.1) is 11.7 Å².